The van der Waals surface area contributed by atoms with Gasteiger partial charge < -0.3 is 40.1 Å². The van der Waals surface area contributed by atoms with Crippen LogP contribution in [0, 0.1) is 0 Å². The molecule has 0 radical (unpaired) electrons. The van der Waals surface area contributed by atoms with E-state index in [0.29, 0.717) is 50.2 Å². The van der Waals surface area contributed by atoms with E-state index in [0.717, 1.165) is 16.5 Å². The standard InChI is InChI=1S/C29H35N3O7/c30-23-8-2-3-9-24(23)32-27(34)11-5-6-12-31-29(35)26-17-20(18-28(39-26)37-16-15-36-14-13-33)22-19-38-25-10-4-1-7-21(22)25/h1-4,7-10,17,19-20,28,33H,5-6,11-16,18,30H2,(H,31,35)(H,32,34)/t20-,28+/m0/s1. The van der Waals surface area contributed by atoms with Crippen LogP contribution >= 0.6 is 0 Å². The van der Waals surface area contributed by atoms with Gasteiger partial charge in [0, 0.05) is 36.3 Å². The number of hydrogen-bond donors (Lipinski definition) is 4. The highest BCUT2D eigenvalue weighted by Crippen LogP contribution is 2.36. The minimum Gasteiger partial charge on any atom is -0.464 e. The van der Waals surface area contributed by atoms with Crippen LogP contribution in [0.1, 0.15) is 37.2 Å². The fraction of sp³-hybridized carbons (Fsp3) is 0.379. The van der Waals surface area contributed by atoms with Crippen molar-refractivity contribution in [3.8, 4) is 0 Å². The number of carbonyl (C=O) groups is 2. The van der Waals surface area contributed by atoms with Crippen molar-refractivity contribution in [2.24, 2.45) is 0 Å². The van der Waals surface area contributed by atoms with Crippen molar-refractivity contribution in [3.05, 3.63) is 72.2 Å². The molecule has 0 bridgehead atoms. The van der Waals surface area contributed by atoms with Crippen molar-refractivity contribution < 1.29 is 33.3 Å². The van der Waals surface area contributed by atoms with Crippen LogP contribution in [0.15, 0.2) is 71.0 Å². The van der Waals surface area contributed by atoms with E-state index in [-0.39, 0.29) is 43.3 Å². The van der Waals surface area contributed by atoms with Gasteiger partial charge in [0.05, 0.1) is 44.1 Å². The molecule has 208 valence electrons. The number of anilines is 2. The summed E-state index contributed by atoms with van der Waals surface area (Å²) >= 11 is 0. The lowest BCUT2D eigenvalue weighted by molar-refractivity contribution is -0.151. The van der Waals surface area contributed by atoms with Crippen LogP contribution in [0.4, 0.5) is 11.4 Å². The molecule has 0 unspecified atom stereocenters. The molecule has 1 aliphatic rings. The normalized spacial score (nSPS) is 16.9. The number of nitrogen functional groups attached to an aromatic ring is 1. The third kappa shape index (κ3) is 8.06. The number of rotatable bonds is 14. The summed E-state index contributed by atoms with van der Waals surface area (Å²) in [4.78, 5) is 25.2. The van der Waals surface area contributed by atoms with Crippen LogP contribution < -0.4 is 16.4 Å². The molecule has 1 aromatic heterocycles. The molecular weight excluding hydrogens is 502 g/mol. The summed E-state index contributed by atoms with van der Waals surface area (Å²) in [6, 6.07) is 14.8. The molecule has 2 aromatic carbocycles. The zero-order valence-electron chi connectivity index (χ0n) is 21.8. The van der Waals surface area contributed by atoms with E-state index in [1.165, 1.54) is 0 Å². The highest BCUT2D eigenvalue weighted by Gasteiger charge is 2.30. The maximum Gasteiger partial charge on any atom is 0.286 e. The summed E-state index contributed by atoms with van der Waals surface area (Å²) in [6.45, 7) is 1.12. The van der Waals surface area contributed by atoms with E-state index in [9.17, 15) is 9.59 Å². The van der Waals surface area contributed by atoms with Crippen LogP contribution in [-0.2, 0) is 23.8 Å². The van der Waals surface area contributed by atoms with Gasteiger partial charge in [-0.25, -0.2) is 0 Å². The molecule has 10 nitrogen and oxygen atoms in total. The van der Waals surface area contributed by atoms with Gasteiger partial charge in [0.25, 0.3) is 5.91 Å². The topological polar surface area (TPSA) is 145 Å². The highest BCUT2D eigenvalue weighted by atomic mass is 16.7. The Morgan fingerprint density at radius 2 is 1.87 bits per heavy atom. The molecular formula is C29H35N3O7. The van der Waals surface area contributed by atoms with Crippen molar-refractivity contribution in [1.82, 2.24) is 5.32 Å². The Bertz CT molecular complexity index is 1270. The van der Waals surface area contributed by atoms with Crippen LogP contribution in [0.3, 0.4) is 0 Å². The van der Waals surface area contributed by atoms with Gasteiger partial charge in [0.1, 0.15) is 5.58 Å². The zero-order valence-corrected chi connectivity index (χ0v) is 21.8. The maximum atomic E-state index is 13.0. The first-order chi connectivity index (χ1) is 19.0. The summed E-state index contributed by atoms with van der Waals surface area (Å²) < 4.78 is 22.7. The average molecular weight is 538 g/mol. The number of amides is 2. The Morgan fingerprint density at radius 3 is 2.72 bits per heavy atom. The number of nitrogens with one attached hydrogen (secondary N) is 2. The van der Waals surface area contributed by atoms with Crippen LogP contribution in [-0.4, -0.2) is 56.2 Å². The predicted molar refractivity (Wildman–Crippen MR) is 147 cm³/mol. The number of fused-ring (bicyclic) bond motifs is 1. The summed E-state index contributed by atoms with van der Waals surface area (Å²) in [6.07, 6.45) is 4.89. The third-order valence-electron chi connectivity index (χ3n) is 6.31. The molecule has 2 atom stereocenters. The summed E-state index contributed by atoms with van der Waals surface area (Å²) in [7, 11) is 0. The number of aliphatic hydroxyl groups is 1. The van der Waals surface area contributed by atoms with Gasteiger partial charge in [-0.15, -0.1) is 0 Å². The maximum absolute atomic E-state index is 13.0. The molecule has 2 heterocycles. The van der Waals surface area contributed by atoms with Crippen molar-refractivity contribution >= 4 is 34.2 Å². The molecule has 1 aliphatic heterocycles. The lowest BCUT2D eigenvalue weighted by Gasteiger charge is -2.29. The molecule has 0 fully saturated rings. The number of carbonyl (C=O) groups excluding carboxylic acids is 2. The predicted octanol–water partition coefficient (Wildman–Crippen LogP) is 3.68. The second-order valence-corrected chi connectivity index (χ2v) is 9.16. The minimum absolute atomic E-state index is 0.0606. The summed E-state index contributed by atoms with van der Waals surface area (Å²) in [5.74, 6) is -0.453. The smallest absolute Gasteiger partial charge is 0.286 e. The van der Waals surface area contributed by atoms with Gasteiger partial charge in [0.15, 0.2) is 5.76 Å². The molecule has 0 saturated carbocycles. The Morgan fingerprint density at radius 1 is 1.05 bits per heavy atom. The number of benzene rings is 2. The Labute approximate surface area is 227 Å². The summed E-state index contributed by atoms with van der Waals surface area (Å²) in [5, 5.41) is 15.5. The lowest BCUT2D eigenvalue weighted by atomic mass is 9.92. The van der Waals surface area contributed by atoms with Crippen LogP contribution in [0.2, 0.25) is 0 Å². The van der Waals surface area contributed by atoms with E-state index < -0.39 is 6.29 Å². The number of aliphatic hydroxyl groups excluding tert-OH is 1. The van der Waals surface area contributed by atoms with Gasteiger partial charge >= 0.3 is 0 Å². The summed E-state index contributed by atoms with van der Waals surface area (Å²) in [5.41, 5.74) is 8.69. The molecule has 2 amide bonds. The van der Waals surface area contributed by atoms with E-state index in [1.807, 2.05) is 30.3 Å². The molecule has 0 saturated heterocycles. The van der Waals surface area contributed by atoms with Crippen molar-refractivity contribution in [1.29, 1.82) is 0 Å². The largest absolute Gasteiger partial charge is 0.464 e. The minimum atomic E-state index is -0.652. The Hall–Kier alpha value is -3.86. The number of ether oxygens (including phenoxy) is 3. The van der Waals surface area contributed by atoms with Gasteiger partial charge in [0.2, 0.25) is 12.2 Å². The second kappa shape index (κ2) is 14.3. The number of allylic oxidation sites excluding steroid dienone is 1. The molecule has 0 aliphatic carbocycles. The SMILES string of the molecule is Nc1ccccc1NC(=O)CCCCNC(=O)C1=C[C@H](c2coc3ccccc23)C[C@H](OCCOCCO)O1. The van der Waals surface area contributed by atoms with E-state index in [2.05, 4.69) is 10.6 Å². The van der Waals surface area contributed by atoms with E-state index >= 15 is 0 Å². The van der Waals surface area contributed by atoms with Crippen molar-refractivity contribution in [2.45, 2.75) is 37.9 Å². The number of hydrogen-bond acceptors (Lipinski definition) is 8. The number of para-hydroxylation sites is 3. The molecule has 39 heavy (non-hydrogen) atoms. The fourth-order valence-electron chi connectivity index (χ4n) is 4.35. The number of unbranched alkanes of at least 4 members (excludes halogenated alkanes) is 1. The third-order valence-corrected chi connectivity index (χ3v) is 6.31. The van der Waals surface area contributed by atoms with E-state index in [4.69, 9.17) is 29.5 Å². The van der Waals surface area contributed by atoms with Crippen LogP contribution in [0.25, 0.3) is 11.0 Å². The first-order valence-electron chi connectivity index (χ1n) is 13.1. The van der Waals surface area contributed by atoms with Crippen molar-refractivity contribution in [2.75, 3.05) is 44.0 Å². The number of nitrogens with two attached hydrogens (primary N) is 1. The van der Waals surface area contributed by atoms with Gasteiger partial charge in [-0.1, -0.05) is 30.3 Å². The van der Waals surface area contributed by atoms with Crippen LogP contribution in [0.5, 0.6) is 0 Å². The Balaban J connectivity index is 1.30. The molecule has 10 heteroatoms. The lowest BCUT2D eigenvalue weighted by Crippen LogP contribution is -2.33. The quantitative estimate of drug-likeness (QED) is 0.180. The molecule has 4 rings (SSSR count). The first-order valence-corrected chi connectivity index (χ1v) is 13.1. The second-order valence-electron chi connectivity index (χ2n) is 9.16. The zero-order chi connectivity index (χ0) is 27.5. The molecule has 3 aromatic rings. The van der Waals surface area contributed by atoms with Gasteiger partial charge in [-0.3, -0.25) is 9.59 Å². The highest BCUT2D eigenvalue weighted by molar-refractivity contribution is 5.94. The molecule has 0 spiro atoms. The molecule has 5 N–H and O–H groups in total. The number of furan rings is 1. The fourth-order valence-corrected chi connectivity index (χ4v) is 4.35. The van der Waals surface area contributed by atoms with Gasteiger partial charge in [-0.05, 0) is 37.1 Å². The average Bonchev–Trinajstić information content (AvgIpc) is 3.38. The van der Waals surface area contributed by atoms with Gasteiger partial charge in [-0.2, -0.15) is 0 Å². The van der Waals surface area contributed by atoms with E-state index in [1.54, 1.807) is 30.5 Å². The Kier molecular flexibility index (Phi) is 10.4. The first kappa shape index (κ1) is 28.2. The van der Waals surface area contributed by atoms with Crippen molar-refractivity contribution in [3.63, 3.8) is 0 Å². The monoisotopic (exact) mass is 537 g/mol.